The second-order valence-corrected chi connectivity index (χ2v) is 6.67. The number of nitrogens with one attached hydrogen (secondary N) is 1. The summed E-state index contributed by atoms with van der Waals surface area (Å²) in [5.74, 6) is 4.41. The van der Waals surface area contributed by atoms with Crippen LogP contribution in [-0.4, -0.2) is 36.6 Å². The maximum atomic E-state index is 5.45. The van der Waals surface area contributed by atoms with E-state index in [1.807, 2.05) is 0 Å². The van der Waals surface area contributed by atoms with Crippen molar-refractivity contribution in [3.8, 4) is 12.3 Å². The van der Waals surface area contributed by atoms with Gasteiger partial charge in [-0.05, 0) is 24.7 Å². The molecule has 1 saturated carbocycles. The van der Waals surface area contributed by atoms with Crippen molar-refractivity contribution >= 4 is 0 Å². The summed E-state index contributed by atoms with van der Waals surface area (Å²) in [6.45, 7) is 8.08. The van der Waals surface area contributed by atoms with Gasteiger partial charge < -0.3 is 5.32 Å². The molecule has 2 heteroatoms. The van der Waals surface area contributed by atoms with Gasteiger partial charge in [0.2, 0.25) is 0 Å². The first kappa shape index (κ1) is 14.9. The zero-order valence-corrected chi connectivity index (χ0v) is 12.7. The molecule has 0 radical (unpaired) electrons. The Hall–Kier alpha value is -0.520. The highest BCUT2D eigenvalue weighted by Gasteiger charge is 2.33. The summed E-state index contributed by atoms with van der Waals surface area (Å²) in [6, 6.07) is 1.36. The highest BCUT2D eigenvalue weighted by atomic mass is 15.2. The first-order valence-corrected chi connectivity index (χ1v) is 8.13. The largest absolute Gasteiger partial charge is 0.311 e. The van der Waals surface area contributed by atoms with Crippen molar-refractivity contribution in [2.75, 3.05) is 19.6 Å². The third-order valence-electron chi connectivity index (χ3n) is 5.02. The van der Waals surface area contributed by atoms with Crippen LogP contribution in [0.5, 0.6) is 0 Å². The standard InChI is InChI=1S/C17H30N2/c1-4-5-11-19-13-16(15-9-7-6-8-10-15)18-12-17(19)14(2)3/h1,14-18H,5-13H2,2-3H3. The van der Waals surface area contributed by atoms with Crippen molar-refractivity contribution in [1.82, 2.24) is 10.2 Å². The van der Waals surface area contributed by atoms with E-state index in [0.717, 1.165) is 25.4 Å². The van der Waals surface area contributed by atoms with Crippen LogP contribution in [0.25, 0.3) is 0 Å². The van der Waals surface area contributed by atoms with E-state index in [-0.39, 0.29) is 0 Å². The maximum Gasteiger partial charge on any atom is 0.0244 e. The van der Waals surface area contributed by atoms with Crippen LogP contribution in [0.1, 0.15) is 52.4 Å². The molecule has 2 rings (SSSR count). The smallest absolute Gasteiger partial charge is 0.0244 e. The fraction of sp³-hybridized carbons (Fsp3) is 0.882. The molecule has 0 aromatic rings. The van der Waals surface area contributed by atoms with E-state index >= 15 is 0 Å². The Morgan fingerprint density at radius 1 is 1.26 bits per heavy atom. The summed E-state index contributed by atoms with van der Waals surface area (Å²) >= 11 is 0. The van der Waals surface area contributed by atoms with Gasteiger partial charge >= 0.3 is 0 Å². The zero-order chi connectivity index (χ0) is 13.7. The first-order valence-electron chi connectivity index (χ1n) is 8.13. The molecule has 0 amide bonds. The lowest BCUT2D eigenvalue weighted by atomic mass is 9.82. The Labute approximate surface area is 119 Å². The van der Waals surface area contributed by atoms with Crippen LogP contribution < -0.4 is 5.32 Å². The molecule has 0 aromatic carbocycles. The molecule has 1 aliphatic heterocycles. The summed E-state index contributed by atoms with van der Waals surface area (Å²) < 4.78 is 0. The molecule has 19 heavy (non-hydrogen) atoms. The van der Waals surface area contributed by atoms with Gasteiger partial charge in [0.1, 0.15) is 0 Å². The average Bonchev–Trinajstić information content (AvgIpc) is 2.45. The van der Waals surface area contributed by atoms with Gasteiger partial charge in [0.05, 0.1) is 0 Å². The summed E-state index contributed by atoms with van der Waals surface area (Å²) in [4.78, 5) is 2.65. The van der Waals surface area contributed by atoms with E-state index in [1.165, 1.54) is 38.6 Å². The Morgan fingerprint density at radius 2 is 2.00 bits per heavy atom. The molecule has 0 aromatic heterocycles. The van der Waals surface area contributed by atoms with Gasteiger partial charge in [0.25, 0.3) is 0 Å². The highest BCUT2D eigenvalue weighted by molar-refractivity contribution is 4.94. The third-order valence-corrected chi connectivity index (χ3v) is 5.02. The average molecular weight is 262 g/mol. The van der Waals surface area contributed by atoms with Crippen molar-refractivity contribution in [2.24, 2.45) is 11.8 Å². The molecule has 2 unspecified atom stereocenters. The minimum atomic E-state index is 0.660. The first-order chi connectivity index (χ1) is 9.22. The molecule has 2 nitrogen and oxygen atoms in total. The van der Waals surface area contributed by atoms with Crippen LogP contribution in [0.15, 0.2) is 0 Å². The lowest BCUT2D eigenvalue weighted by Crippen LogP contribution is -2.60. The summed E-state index contributed by atoms with van der Waals surface area (Å²) in [6.07, 6.45) is 13.5. The second kappa shape index (κ2) is 7.31. The number of piperazine rings is 1. The number of hydrogen-bond donors (Lipinski definition) is 1. The zero-order valence-electron chi connectivity index (χ0n) is 12.7. The minimum Gasteiger partial charge on any atom is -0.311 e. The van der Waals surface area contributed by atoms with Crippen LogP contribution in [-0.2, 0) is 0 Å². The molecular weight excluding hydrogens is 232 g/mol. The number of nitrogens with zero attached hydrogens (tertiary/aromatic N) is 1. The molecule has 2 aliphatic rings. The lowest BCUT2D eigenvalue weighted by molar-refractivity contribution is 0.0742. The van der Waals surface area contributed by atoms with Gasteiger partial charge in [-0.15, -0.1) is 12.3 Å². The fourth-order valence-electron chi connectivity index (χ4n) is 3.83. The van der Waals surface area contributed by atoms with E-state index in [1.54, 1.807) is 0 Å². The predicted octanol–water partition coefficient (Wildman–Crippen LogP) is 2.89. The molecule has 2 fully saturated rings. The summed E-state index contributed by atoms with van der Waals surface area (Å²) in [7, 11) is 0. The van der Waals surface area contributed by atoms with E-state index < -0.39 is 0 Å². The Morgan fingerprint density at radius 3 is 2.63 bits per heavy atom. The molecule has 1 heterocycles. The Balaban J connectivity index is 1.93. The second-order valence-electron chi connectivity index (χ2n) is 6.67. The van der Waals surface area contributed by atoms with Crippen LogP contribution in [0.3, 0.4) is 0 Å². The van der Waals surface area contributed by atoms with E-state index in [4.69, 9.17) is 6.42 Å². The Kier molecular flexibility index (Phi) is 5.73. The van der Waals surface area contributed by atoms with E-state index in [0.29, 0.717) is 18.0 Å². The SMILES string of the molecule is C#CCCN1CC(C2CCCCC2)NCC1C(C)C. The number of terminal acetylenes is 1. The van der Waals surface area contributed by atoms with Crippen molar-refractivity contribution < 1.29 is 0 Å². The topological polar surface area (TPSA) is 15.3 Å². The van der Waals surface area contributed by atoms with Gasteiger partial charge in [-0.1, -0.05) is 33.1 Å². The summed E-state index contributed by atoms with van der Waals surface area (Å²) in [5.41, 5.74) is 0. The van der Waals surface area contributed by atoms with Gasteiger partial charge in [-0.25, -0.2) is 0 Å². The molecule has 1 aliphatic carbocycles. The normalized spacial score (nSPS) is 30.4. The van der Waals surface area contributed by atoms with Crippen LogP contribution in [0.2, 0.25) is 0 Å². The lowest BCUT2D eigenvalue weighted by Gasteiger charge is -2.45. The Bertz CT molecular complexity index is 299. The van der Waals surface area contributed by atoms with E-state index in [2.05, 4.69) is 30.0 Å². The maximum absolute atomic E-state index is 5.45. The summed E-state index contributed by atoms with van der Waals surface area (Å²) in [5, 5.41) is 3.83. The fourth-order valence-corrected chi connectivity index (χ4v) is 3.83. The van der Waals surface area contributed by atoms with Crippen LogP contribution in [0, 0.1) is 24.2 Å². The van der Waals surface area contributed by atoms with Gasteiger partial charge in [0, 0.05) is 38.1 Å². The number of hydrogen-bond acceptors (Lipinski definition) is 2. The number of rotatable bonds is 4. The molecule has 1 saturated heterocycles. The highest BCUT2D eigenvalue weighted by Crippen LogP contribution is 2.29. The van der Waals surface area contributed by atoms with Gasteiger partial charge in [-0.2, -0.15) is 0 Å². The predicted molar refractivity (Wildman–Crippen MR) is 82.0 cm³/mol. The van der Waals surface area contributed by atoms with Crippen molar-refractivity contribution in [3.05, 3.63) is 0 Å². The molecule has 1 N–H and O–H groups in total. The van der Waals surface area contributed by atoms with Gasteiger partial charge in [0.15, 0.2) is 0 Å². The van der Waals surface area contributed by atoms with E-state index in [9.17, 15) is 0 Å². The molecule has 0 spiro atoms. The molecule has 2 atom stereocenters. The third kappa shape index (κ3) is 3.97. The van der Waals surface area contributed by atoms with Crippen LogP contribution in [0.4, 0.5) is 0 Å². The van der Waals surface area contributed by atoms with Crippen molar-refractivity contribution in [1.29, 1.82) is 0 Å². The van der Waals surface area contributed by atoms with Crippen molar-refractivity contribution in [2.45, 2.75) is 64.5 Å². The minimum absolute atomic E-state index is 0.660. The monoisotopic (exact) mass is 262 g/mol. The molecular formula is C17H30N2. The van der Waals surface area contributed by atoms with Gasteiger partial charge in [-0.3, -0.25) is 4.90 Å². The van der Waals surface area contributed by atoms with Crippen LogP contribution >= 0.6 is 0 Å². The molecule has 0 bridgehead atoms. The molecule has 108 valence electrons. The quantitative estimate of drug-likeness (QED) is 0.784. The van der Waals surface area contributed by atoms with Crippen molar-refractivity contribution in [3.63, 3.8) is 0 Å².